The molecule has 0 aliphatic carbocycles. The van der Waals surface area contributed by atoms with E-state index in [0.717, 1.165) is 17.8 Å². The molecule has 0 radical (unpaired) electrons. The van der Waals surface area contributed by atoms with E-state index in [1.807, 2.05) is 0 Å². The molecule has 26 heavy (non-hydrogen) atoms. The lowest BCUT2D eigenvalue weighted by Gasteiger charge is -2.05. The van der Waals surface area contributed by atoms with Gasteiger partial charge in [-0.25, -0.2) is 9.82 Å². The molecule has 0 aliphatic rings. The predicted octanol–water partition coefficient (Wildman–Crippen LogP) is 2.69. The maximum absolute atomic E-state index is 13.5. The van der Waals surface area contributed by atoms with E-state index >= 15 is 0 Å². The quantitative estimate of drug-likeness (QED) is 0.331. The molecule has 2 aromatic rings. The summed E-state index contributed by atoms with van der Waals surface area (Å²) >= 11 is 1.01. The molecule has 0 unspecified atom stereocenters. The Morgan fingerprint density at radius 2 is 2.19 bits per heavy atom. The largest absolute Gasteiger partial charge is 0.500 e. The minimum atomic E-state index is -0.765. The van der Waals surface area contributed by atoms with Crippen molar-refractivity contribution in [1.29, 1.82) is 0 Å². The zero-order valence-electron chi connectivity index (χ0n) is 13.5. The average Bonchev–Trinajstić information content (AvgIpc) is 2.62. The van der Waals surface area contributed by atoms with Gasteiger partial charge in [0.15, 0.2) is 5.75 Å². The molecule has 10 heteroatoms. The second kappa shape index (κ2) is 8.81. The highest BCUT2D eigenvalue weighted by atomic mass is 32.2. The molecule has 1 amide bonds. The summed E-state index contributed by atoms with van der Waals surface area (Å²) in [6.45, 7) is 0. The van der Waals surface area contributed by atoms with E-state index in [0.29, 0.717) is 4.90 Å². The first kappa shape index (κ1) is 19.2. The number of thioether (sulfide) groups is 1. The van der Waals surface area contributed by atoms with Gasteiger partial charge in [0.05, 0.1) is 24.0 Å². The highest BCUT2D eigenvalue weighted by molar-refractivity contribution is 8.00. The number of amides is 1. The number of nitrogens with zero attached hydrogens (tertiary/aromatic N) is 2. The number of hydrogen-bond acceptors (Lipinski definition) is 7. The Balaban J connectivity index is 1.99. The number of hydrogen-bond donors (Lipinski definition) is 2. The minimum absolute atomic E-state index is 0.0582. The van der Waals surface area contributed by atoms with Gasteiger partial charge in [0, 0.05) is 16.5 Å². The second-order valence-corrected chi connectivity index (χ2v) is 5.88. The number of carbonyl (C=O) groups is 1. The van der Waals surface area contributed by atoms with Crippen LogP contribution in [-0.2, 0) is 4.79 Å². The Labute approximate surface area is 151 Å². The van der Waals surface area contributed by atoms with Crippen molar-refractivity contribution in [2.24, 2.45) is 5.10 Å². The van der Waals surface area contributed by atoms with Crippen molar-refractivity contribution < 1.29 is 24.0 Å². The third kappa shape index (κ3) is 4.93. The van der Waals surface area contributed by atoms with E-state index < -0.39 is 28.1 Å². The summed E-state index contributed by atoms with van der Waals surface area (Å²) in [5, 5.41) is 24.3. The van der Waals surface area contributed by atoms with Gasteiger partial charge in [-0.3, -0.25) is 14.9 Å². The van der Waals surface area contributed by atoms with Gasteiger partial charge in [0.2, 0.25) is 11.7 Å². The van der Waals surface area contributed by atoms with E-state index in [-0.39, 0.29) is 17.1 Å². The topological polar surface area (TPSA) is 114 Å². The van der Waals surface area contributed by atoms with Crippen LogP contribution in [0.3, 0.4) is 0 Å². The molecule has 8 nitrogen and oxygen atoms in total. The number of phenolic OH excluding ortho intramolecular Hbond substituents is 1. The maximum atomic E-state index is 13.5. The molecule has 2 rings (SSSR count). The third-order valence-corrected chi connectivity index (χ3v) is 4.14. The number of nitrogens with one attached hydrogen (secondary N) is 1. The first-order valence-corrected chi connectivity index (χ1v) is 8.15. The molecule has 2 aromatic carbocycles. The fraction of sp³-hybridized carbons (Fsp3) is 0.125. The summed E-state index contributed by atoms with van der Waals surface area (Å²) in [6, 6.07) is 8.47. The van der Waals surface area contributed by atoms with Crippen LogP contribution in [0.4, 0.5) is 10.1 Å². The molecular weight excluding hydrogens is 365 g/mol. The zero-order valence-corrected chi connectivity index (χ0v) is 14.3. The van der Waals surface area contributed by atoms with Crippen LogP contribution in [0.2, 0.25) is 0 Å². The number of benzene rings is 2. The summed E-state index contributed by atoms with van der Waals surface area (Å²) in [5.41, 5.74) is 1.93. The maximum Gasteiger partial charge on any atom is 0.315 e. The molecule has 2 N–H and O–H groups in total. The van der Waals surface area contributed by atoms with Gasteiger partial charge in [0.1, 0.15) is 5.82 Å². The Bertz CT molecular complexity index is 860. The van der Waals surface area contributed by atoms with Crippen molar-refractivity contribution in [2.45, 2.75) is 4.90 Å². The first-order valence-electron chi connectivity index (χ1n) is 7.17. The van der Waals surface area contributed by atoms with E-state index in [1.54, 1.807) is 18.2 Å². The summed E-state index contributed by atoms with van der Waals surface area (Å²) in [7, 11) is 1.25. The fourth-order valence-corrected chi connectivity index (χ4v) is 2.63. The Kier molecular flexibility index (Phi) is 6.50. The third-order valence-electron chi connectivity index (χ3n) is 3.09. The molecule has 0 atom stereocenters. The number of phenols is 1. The van der Waals surface area contributed by atoms with Crippen LogP contribution in [0.5, 0.6) is 11.5 Å². The summed E-state index contributed by atoms with van der Waals surface area (Å²) in [5.74, 6) is -1.65. The standard InChI is InChI=1S/C16H14FN3O5S/c1-25-13-7-10(6-12(16(13)22)20(23)24)8-18-19-15(21)9-26-14-5-3-2-4-11(14)17/h2-8,22H,9H2,1H3,(H,19,21)/b18-8+. The smallest absolute Gasteiger partial charge is 0.315 e. The van der Waals surface area contributed by atoms with Crippen LogP contribution in [-0.4, -0.2) is 35.0 Å². The molecule has 136 valence electrons. The normalized spacial score (nSPS) is 10.7. The van der Waals surface area contributed by atoms with Gasteiger partial charge < -0.3 is 9.84 Å². The van der Waals surface area contributed by atoms with Gasteiger partial charge in [0.25, 0.3) is 0 Å². The van der Waals surface area contributed by atoms with Crippen LogP contribution < -0.4 is 10.2 Å². The van der Waals surface area contributed by atoms with Crippen LogP contribution in [0.15, 0.2) is 46.4 Å². The van der Waals surface area contributed by atoms with Crippen molar-refractivity contribution in [3.63, 3.8) is 0 Å². The lowest BCUT2D eigenvalue weighted by Crippen LogP contribution is -2.19. The van der Waals surface area contributed by atoms with Crippen LogP contribution >= 0.6 is 11.8 Å². The van der Waals surface area contributed by atoms with E-state index in [1.165, 1.54) is 25.5 Å². The number of ether oxygens (including phenoxy) is 1. The number of nitro benzene ring substituents is 1. The molecule has 0 saturated heterocycles. The monoisotopic (exact) mass is 379 g/mol. The van der Waals surface area contributed by atoms with Gasteiger partial charge >= 0.3 is 5.69 Å². The Morgan fingerprint density at radius 1 is 1.46 bits per heavy atom. The fourth-order valence-electron chi connectivity index (χ4n) is 1.90. The van der Waals surface area contributed by atoms with E-state index in [9.17, 15) is 24.4 Å². The summed E-state index contributed by atoms with van der Waals surface area (Å²) in [4.78, 5) is 22.2. The average molecular weight is 379 g/mol. The highest BCUT2D eigenvalue weighted by Crippen LogP contribution is 2.36. The van der Waals surface area contributed by atoms with Gasteiger partial charge in [-0.05, 0) is 18.2 Å². The molecule has 0 spiro atoms. The van der Waals surface area contributed by atoms with Gasteiger partial charge in [-0.15, -0.1) is 11.8 Å². The molecule has 0 saturated carbocycles. The van der Waals surface area contributed by atoms with Crippen molar-refractivity contribution in [1.82, 2.24) is 5.43 Å². The lowest BCUT2D eigenvalue weighted by molar-refractivity contribution is -0.386. The molecule has 0 aromatic heterocycles. The lowest BCUT2D eigenvalue weighted by atomic mass is 10.2. The highest BCUT2D eigenvalue weighted by Gasteiger charge is 2.19. The zero-order chi connectivity index (χ0) is 19.1. The van der Waals surface area contributed by atoms with Gasteiger partial charge in [-0.2, -0.15) is 5.10 Å². The predicted molar refractivity (Wildman–Crippen MR) is 94.2 cm³/mol. The van der Waals surface area contributed by atoms with Crippen LogP contribution in [0.1, 0.15) is 5.56 Å². The molecule has 0 heterocycles. The number of halogens is 1. The van der Waals surface area contributed by atoms with Crippen molar-refractivity contribution in [3.8, 4) is 11.5 Å². The summed E-state index contributed by atoms with van der Waals surface area (Å²) in [6.07, 6.45) is 1.17. The number of hydrazone groups is 1. The van der Waals surface area contributed by atoms with Crippen molar-refractivity contribution >= 4 is 29.6 Å². The second-order valence-electron chi connectivity index (χ2n) is 4.86. The minimum Gasteiger partial charge on any atom is -0.500 e. The number of nitro groups is 1. The molecule has 0 fully saturated rings. The van der Waals surface area contributed by atoms with Crippen molar-refractivity contribution in [2.75, 3.05) is 12.9 Å². The summed E-state index contributed by atoms with van der Waals surface area (Å²) < 4.78 is 18.3. The van der Waals surface area contributed by atoms with Crippen molar-refractivity contribution in [3.05, 3.63) is 57.9 Å². The Morgan fingerprint density at radius 3 is 2.85 bits per heavy atom. The number of aromatic hydroxyl groups is 1. The van der Waals surface area contributed by atoms with Crippen LogP contribution in [0, 0.1) is 15.9 Å². The number of carbonyl (C=O) groups excluding carboxylic acids is 1. The molecule has 0 aliphatic heterocycles. The SMILES string of the molecule is COc1cc(/C=N/NC(=O)CSc2ccccc2F)cc([N+](=O)[O-])c1O. The van der Waals surface area contributed by atoms with Gasteiger partial charge in [-0.1, -0.05) is 12.1 Å². The molecular formula is C16H14FN3O5S. The number of rotatable bonds is 7. The van der Waals surface area contributed by atoms with E-state index in [2.05, 4.69) is 10.5 Å². The van der Waals surface area contributed by atoms with Crippen LogP contribution in [0.25, 0.3) is 0 Å². The Hall–Kier alpha value is -3.14. The number of methoxy groups -OCH3 is 1. The van der Waals surface area contributed by atoms with E-state index in [4.69, 9.17) is 4.74 Å². The first-order chi connectivity index (χ1) is 12.4. The molecule has 0 bridgehead atoms.